The predicted molar refractivity (Wildman–Crippen MR) is 75.0 cm³/mol. The molecule has 7 heteroatoms. The van der Waals surface area contributed by atoms with Crippen molar-refractivity contribution >= 4 is 11.9 Å². The fourth-order valence-corrected chi connectivity index (χ4v) is 2.66. The molecule has 1 aromatic heterocycles. The minimum Gasteiger partial charge on any atom is -0.480 e. The Labute approximate surface area is 123 Å². The Morgan fingerprint density at radius 1 is 1.43 bits per heavy atom. The zero-order valence-electron chi connectivity index (χ0n) is 12.6. The van der Waals surface area contributed by atoms with E-state index in [2.05, 4.69) is 5.10 Å². The van der Waals surface area contributed by atoms with Crippen LogP contribution in [0.1, 0.15) is 23.4 Å². The van der Waals surface area contributed by atoms with Crippen LogP contribution in [0.25, 0.3) is 0 Å². The van der Waals surface area contributed by atoms with Crippen LogP contribution in [0.15, 0.2) is 0 Å². The van der Waals surface area contributed by atoms with Gasteiger partial charge < -0.3 is 14.7 Å². The first-order valence-electron chi connectivity index (χ1n) is 7.01. The number of morpholine rings is 1. The summed E-state index contributed by atoms with van der Waals surface area (Å²) in [6, 6.07) is -0.873. The molecule has 116 valence electrons. The fraction of sp³-hybridized carbons (Fsp3) is 0.643. The van der Waals surface area contributed by atoms with Crippen molar-refractivity contribution in [3.05, 3.63) is 17.0 Å². The molecule has 0 saturated carbocycles. The average molecular weight is 295 g/mol. The number of carboxylic acids is 1. The van der Waals surface area contributed by atoms with Gasteiger partial charge in [-0.25, -0.2) is 4.79 Å². The maximum Gasteiger partial charge on any atom is 0.328 e. The first-order chi connectivity index (χ1) is 9.91. The summed E-state index contributed by atoms with van der Waals surface area (Å²) >= 11 is 0. The molecule has 1 atom stereocenters. The molecule has 1 aromatic rings. The standard InChI is InChI=1S/C14H21N3O4/c1-9-11(10(2)16(3)15-9)4-5-13(18)17-6-7-21-8-12(17)14(19)20/h12H,4-8H2,1-3H3,(H,19,20). The summed E-state index contributed by atoms with van der Waals surface area (Å²) in [5.41, 5.74) is 3.02. The third kappa shape index (κ3) is 3.24. The normalized spacial score (nSPS) is 18.8. The van der Waals surface area contributed by atoms with Crippen LogP contribution in [0.5, 0.6) is 0 Å². The van der Waals surface area contributed by atoms with E-state index in [0.29, 0.717) is 19.6 Å². The lowest BCUT2D eigenvalue weighted by Gasteiger charge is -2.32. The second kappa shape index (κ2) is 6.26. The lowest BCUT2D eigenvalue weighted by atomic mass is 10.1. The van der Waals surface area contributed by atoms with Gasteiger partial charge in [-0.05, 0) is 25.8 Å². The number of aromatic nitrogens is 2. The van der Waals surface area contributed by atoms with Gasteiger partial charge in [0.05, 0.1) is 18.9 Å². The Balaban J connectivity index is 2.02. The number of rotatable bonds is 4. The van der Waals surface area contributed by atoms with Crippen LogP contribution in [0.4, 0.5) is 0 Å². The van der Waals surface area contributed by atoms with Gasteiger partial charge in [-0.15, -0.1) is 0 Å². The van der Waals surface area contributed by atoms with Crippen LogP contribution >= 0.6 is 0 Å². The highest BCUT2D eigenvalue weighted by Gasteiger charge is 2.32. The molecular formula is C14H21N3O4. The summed E-state index contributed by atoms with van der Waals surface area (Å²) in [5, 5.41) is 13.5. The van der Waals surface area contributed by atoms with Gasteiger partial charge in [-0.2, -0.15) is 5.10 Å². The molecule has 2 heterocycles. The highest BCUT2D eigenvalue weighted by atomic mass is 16.5. The van der Waals surface area contributed by atoms with E-state index in [-0.39, 0.29) is 18.9 Å². The van der Waals surface area contributed by atoms with Gasteiger partial charge in [0.25, 0.3) is 0 Å². The van der Waals surface area contributed by atoms with Crippen molar-refractivity contribution in [2.45, 2.75) is 32.7 Å². The first-order valence-corrected chi connectivity index (χ1v) is 7.01. The SMILES string of the molecule is Cc1nn(C)c(C)c1CCC(=O)N1CCOCC1C(=O)O. The first kappa shape index (κ1) is 15.5. The lowest BCUT2D eigenvalue weighted by Crippen LogP contribution is -2.52. The van der Waals surface area contributed by atoms with Crippen LogP contribution in [0.2, 0.25) is 0 Å². The number of amides is 1. The van der Waals surface area contributed by atoms with Crippen molar-refractivity contribution in [3.8, 4) is 0 Å². The van der Waals surface area contributed by atoms with E-state index in [1.54, 1.807) is 4.68 Å². The summed E-state index contributed by atoms with van der Waals surface area (Å²) in [6.07, 6.45) is 0.866. The van der Waals surface area contributed by atoms with Gasteiger partial charge in [-0.3, -0.25) is 9.48 Å². The molecule has 7 nitrogen and oxygen atoms in total. The van der Waals surface area contributed by atoms with Gasteiger partial charge in [0.1, 0.15) is 0 Å². The zero-order valence-corrected chi connectivity index (χ0v) is 12.6. The monoisotopic (exact) mass is 295 g/mol. The van der Waals surface area contributed by atoms with Gasteiger partial charge in [-0.1, -0.05) is 0 Å². The third-order valence-corrected chi connectivity index (χ3v) is 3.98. The van der Waals surface area contributed by atoms with E-state index in [1.165, 1.54) is 4.90 Å². The lowest BCUT2D eigenvalue weighted by molar-refractivity contribution is -0.158. The van der Waals surface area contributed by atoms with Crippen molar-refractivity contribution in [3.63, 3.8) is 0 Å². The van der Waals surface area contributed by atoms with Crippen molar-refractivity contribution in [1.82, 2.24) is 14.7 Å². The Morgan fingerprint density at radius 3 is 2.71 bits per heavy atom. The largest absolute Gasteiger partial charge is 0.480 e. The number of nitrogens with zero attached hydrogens (tertiary/aromatic N) is 3. The Bertz CT molecular complexity index is 553. The number of ether oxygens (including phenoxy) is 1. The van der Waals surface area contributed by atoms with Crippen molar-refractivity contribution in [2.24, 2.45) is 7.05 Å². The molecule has 1 saturated heterocycles. The molecule has 1 unspecified atom stereocenters. The Morgan fingerprint density at radius 2 is 2.14 bits per heavy atom. The molecule has 0 aliphatic carbocycles. The molecule has 1 aliphatic rings. The highest BCUT2D eigenvalue weighted by Crippen LogP contribution is 2.16. The molecule has 0 spiro atoms. The van der Waals surface area contributed by atoms with Crippen LogP contribution in [0.3, 0.4) is 0 Å². The van der Waals surface area contributed by atoms with Gasteiger partial charge in [0, 0.05) is 25.7 Å². The van der Waals surface area contributed by atoms with E-state index >= 15 is 0 Å². The predicted octanol–water partition coefficient (Wildman–Crippen LogP) is 0.282. The smallest absolute Gasteiger partial charge is 0.328 e. The molecule has 1 aliphatic heterocycles. The second-order valence-corrected chi connectivity index (χ2v) is 5.29. The van der Waals surface area contributed by atoms with Crippen LogP contribution in [-0.4, -0.2) is 57.5 Å². The summed E-state index contributed by atoms with van der Waals surface area (Å²) in [6.45, 7) is 4.67. The Hall–Kier alpha value is -1.89. The van der Waals surface area contributed by atoms with Crippen molar-refractivity contribution in [1.29, 1.82) is 0 Å². The molecule has 0 aromatic carbocycles. The fourth-order valence-electron chi connectivity index (χ4n) is 2.66. The number of carbonyl (C=O) groups is 2. The van der Waals surface area contributed by atoms with Crippen LogP contribution in [0, 0.1) is 13.8 Å². The summed E-state index contributed by atoms with van der Waals surface area (Å²) < 4.78 is 6.94. The molecule has 0 radical (unpaired) electrons. The number of carboxylic acid groups (broad SMARTS) is 1. The minimum atomic E-state index is -1.02. The number of aliphatic carboxylic acids is 1. The summed E-state index contributed by atoms with van der Waals surface area (Å²) in [7, 11) is 1.87. The van der Waals surface area contributed by atoms with E-state index in [9.17, 15) is 9.59 Å². The van der Waals surface area contributed by atoms with Gasteiger partial charge in [0.15, 0.2) is 6.04 Å². The quantitative estimate of drug-likeness (QED) is 0.862. The van der Waals surface area contributed by atoms with E-state index < -0.39 is 12.0 Å². The maximum absolute atomic E-state index is 12.3. The number of aryl methyl sites for hydroxylation is 2. The van der Waals surface area contributed by atoms with Gasteiger partial charge in [0.2, 0.25) is 5.91 Å². The molecule has 0 bridgehead atoms. The number of hydrogen-bond acceptors (Lipinski definition) is 4. The third-order valence-electron chi connectivity index (χ3n) is 3.98. The minimum absolute atomic E-state index is 0.0615. The van der Waals surface area contributed by atoms with Crippen LogP contribution < -0.4 is 0 Å². The zero-order chi connectivity index (χ0) is 15.6. The number of hydrogen-bond donors (Lipinski definition) is 1. The van der Waals surface area contributed by atoms with Crippen LogP contribution in [-0.2, 0) is 27.8 Å². The average Bonchev–Trinajstić information content (AvgIpc) is 2.70. The summed E-state index contributed by atoms with van der Waals surface area (Å²) in [4.78, 5) is 24.9. The molecule has 1 amide bonds. The maximum atomic E-state index is 12.3. The molecule has 2 rings (SSSR count). The number of carbonyl (C=O) groups excluding carboxylic acids is 1. The van der Waals surface area contributed by atoms with Gasteiger partial charge >= 0.3 is 5.97 Å². The second-order valence-electron chi connectivity index (χ2n) is 5.29. The topological polar surface area (TPSA) is 84.7 Å². The van der Waals surface area contributed by atoms with Crippen molar-refractivity contribution in [2.75, 3.05) is 19.8 Å². The van der Waals surface area contributed by atoms with E-state index in [1.807, 2.05) is 20.9 Å². The molecular weight excluding hydrogens is 274 g/mol. The highest BCUT2D eigenvalue weighted by molar-refractivity contribution is 5.84. The molecule has 1 fully saturated rings. The molecule has 1 N–H and O–H groups in total. The Kier molecular flexibility index (Phi) is 4.62. The summed E-state index contributed by atoms with van der Waals surface area (Å²) in [5.74, 6) is -1.16. The van der Waals surface area contributed by atoms with Crippen molar-refractivity contribution < 1.29 is 19.4 Å². The van der Waals surface area contributed by atoms with E-state index in [4.69, 9.17) is 9.84 Å². The molecule has 21 heavy (non-hydrogen) atoms. The van der Waals surface area contributed by atoms with E-state index in [0.717, 1.165) is 17.0 Å².